The van der Waals surface area contributed by atoms with Gasteiger partial charge in [0.15, 0.2) is 0 Å². The van der Waals surface area contributed by atoms with Gasteiger partial charge in [-0.05, 0) is 24.6 Å². The van der Waals surface area contributed by atoms with E-state index in [2.05, 4.69) is 10.6 Å². The molecule has 1 atom stereocenters. The van der Waals surface area contributed by atoms with Gasteiger partial charge in [0.1, 0.15) is 6.04 Å². The summed E-state index contributed by atoms with van der Waals surface area (Å²) in [4.78, 5) is 34.7. The molecule has 0 spiro atoms. The maximum absolute atomic E-state index is 12.1. The molecule has 0 aromatic heterocycles. The number of nitrogens with one attached hydrogen (secondary N) is 2. The van der Waals surface area contributed by atoms with Crippen molar-refractivity contribution in [3.05, 3.63) is 35.4 Å². The molecule has 0 fully saturated rings. The summed E-state index contributed by atoms with van der Waals surface area (Å²) in [5, 5.41) is 14.0. The summed E-state index contributed by atoms with van der Waals surface area (Å²) in [6.07, 6.45) is 1.95. The third-order valence-electron chi connectivity index (χ3n) is 3.06. The van der Waals surface area contributed by atoms with Gasteiger partial charge >= 0.3 is 5.97 Å². The van der Waals surface area contributed by atoms with Crippen LogP contribution in [0, 0.1) is 0 Å². The highest BCUT2D eigenvalue weighted by atomic mass is 16.4. The molecule has 0 aliphatic carbocycles. The number of amides is 2. The van der Waals surface area contributed by atoms with Crippen molar-refractivity contribution in [1.82, 2.24) is 10.6 Å². The summed E-state index contributed by atoms with van der Waals surface area (Å²) >= 11 is 0. The van der Waals surface area contributed by atoms with E-state index in [9.17, 15) is 14.4 Å². The van der Waals surface area contributed by atoms with Gasteiger partial charge in [0, 0.05) is 18.2 Å². The van der Waals surface area contributed by atoms with Crippen LogP contribution in [0.4, 0.5) is 0 Å². The summed E-state index contributed by atoms with van der Waals surface area (Å²) < 4.78 is 0. The first-order chi connectivity index (χ1) is 9.99. The molecule has 1 aromatic rings. The maximum Gasteiger partial charge on any atom is 0.326 e. The Bertz CT molecular complexity index is 528. The fourth-order valence-electron chi connectivity index (χ4n) is 1.85. The zero-order valence-corrected chi connectivity index (χ0v) is 12.2. The van der Waals surface area contributed by atoms with Crippen molar-refractivity contribution in [3.8, 4) is 0 Å². The molecule has 0 aliphatic rings. The van der Waals surface area contributed by atoms with Gasteiger partial charge in [-0.3, -0.25) is 9.59 Å². The average molecular weight is 292 g/mol. The van der Waals surface area contributed by atoms with Crippen molar-refractivity contribution in [2.24, 2.45) is 0 Å². The van der Waals surface area contributed by atoms with E-state index in [1.54, 1.807) is 18.2 Å². The SMILES string of the molecule is CCCC[C@H](NC(=O)c1cccc(C(=O)NC)c1)C(=O)O. The van der Waals surface area contributed by atoms with Crippen LogP contribution in [-0.2, 0) is 4.79 Å². The summed E-state index contributed by atoms with van der Waals surface area (Å²) in [5.74, 6) is -1.85. The molecule has 0 bridgehead atoms. The summed E-state index contributed by atoms with van der Waals surface area (Å²) in [6, 6.07) is 5.23. The Morgan fingerprint density at radius 3 is 2.33 bits per heavy atom. The van der Waals surface area contributed by atoms with Gasteiger partial charge in [0.2, 0.25) is 0 Å². The van der Waals surface area contributed by atoms with E-state index in [0.29, 0.717) is 12.0 Å². The lowest BCUT2D eigenvalue weighted by Crippen LogP contribution is -2.40. The lowest BCUT2D eigenvalue weighted by Gasteiger charge is -2.14. The zero-order valence-electron chi connectivity index (χ0n) is 12.2. The predicted molar refractivity (Wildman–Crippen MR) is 78.2 cm³/mol. The van der Waals surface area contributed by atoms with E-state index in [0.717, 1.165) is 12.8 Å². The topological polar surface area (TPSA) is 95.5 Å². The number of hydrogen-bond acceptors (Lipinski definition) is 3. The van der Waals surface area contributed by atoms with Crippen molar-refractivity contribution in [1.29, 1.82) is 0 Å². The monoisotopic (exact) mass is 292 g/mol. The second-order valence-corrected chi connectivity index (χ2v) is 4.67. The van der Waals surface area contributed by atoms with E-state index in [-0.39, 0.29) is 11.5 Å². The molecule has 1 rings (SSSR count). The molecule has 21 heavy (non-hydrogen) atoms. The number of unbranched alkanes of at least 4 members (excludes halogenated alkanes) is 1. The molecule has 0 aliphatic heterocycles. The molecule has 114 valence electrons. The number of rotatable bonds is 7. The maximum atomic E-state index is 12.1. The lowest BCUT2D eigenvalue weighted by molar-refractivity contribution is -0.139. The number of carbonyl (C=O) groups is 3. The molecule has 0 saturated heterocycles. The van der Waals surface area contributed by atoms with Gasteiger partial charge in [0.25, 0.3) is 11.8 Å². The van der Waals surface area contributed by atoms with E-state index < -0.39 is 17.9 Å². The minimum atomic E-state index is -1.06. The number of aliphatic carboxylic acids is 1. The van der Waals surface area contributed by atoms with Crippen molar-refractivity contribution >= 4 is 17.8 Å². The van der Waals surface area contributed by atoms with Crippen LogP contribution in [0.15, 0.2) is 24.3 Å². The van der Waals surface area contributed by atoms with Crippen LogP contribution in [0.1, 0.15) is 46.9 Å². The molecule has 1 aromatic carbocycles. The first kappa shape index (κ1) is 16.7. The summed E-state index contributed by atoms with van der Waals surface area (Å²) in [7, 11) is 1.50. The van der Waals surface area contributed by atoms with E-state index in [4.69, 9.17) is 5.11 Å². The average Bonchev–Trinajstić information content (AvgIpc) is 2.50. The molecule has 0 radical (unpaired) electrons. The summed E-state index contributed by atoms with van der Waals surface area (Å²) in [6.45, 7) is 1.95. The van der Waals surface area contributed by atoms with Gasteiger partial charge in [-0.2, -0.15) is 0 Å². The molecule has 3 N–H and O–H groups in total. The van der Waals surface area contributed by atoms with Gasteiger partial charge < -0.3 is 15.7 Å². The fourth-order valence-corrected chi connectivity index (χ4v) is 1.85. The lowest BCUT2D eigenvalue weighted by atomic mass is 10.1. The molecule has 0 unspecified atom stereocenters. The Balaban J connectivity index is 2.82. The Kier molecular flexibility index (Phi) is 6.39. The summed E-state index contributed by atoms with van der Waals surface area (Å²) in [5.41, 5.74) is 0.615. The molecule has 2 amide bonds. The standard InChI is InChI=1S/C15H20N2O4/c1-3-4-8-12(15(20)21)17-14(19)11-7-5-6-10(9-11)13(18)16-2/h5-7,9,12H,3-4,8H2,1-2H3,(H,16,18)(H,17,19)(H,20,21)/t12-/m0/s1. The third-order valence-corrected chi connectivity index (χ3v) is 3.06. The Hall–Kier alpha value is -2.37. The Labute approximate surface area is 123 Å². The number of carbonyl (C=O) groups excluding carboxylic acids is 2. The predicted octanol–water partition coefficient (Wildman–Crippen LogP) is 1.42. The van der Waals surface area contributed by atoms with Gasteiger partial charge in [-0.15, -0.1) is 0 Å². The highest BCUT2D eigenvalue weighted by molar-refractivity contribution is 6.00. The van der Waals surface area contributed by atoms with Crippen LogP contribution in [0.3, 0.4) is 0 Å². The van der Waals surface area contributed by atoms with Crippen molar-refractivity contribution in [2.45, 2.75) is 32.2 Å². The zero-order chi connectivity index (χ0) is 15.8. The normalized spacial score (nSPS) is 11.5. The Morgan fingerprint density at radius 1 is 1.19 bits per heavy atom. The molecule has 6 nitrogen and oxygen atoms in total. The minimum Gasteiger partial charge on any atom is -0.480 e. The molecule has 0 heterocycles. The van der Waals surface area contributed by atoms with E-state index >= 15 is 0 Å². The smallest absolute Gasteiger partial charge is 0.326 e. The largest absolute Gasteiger partial charge is 0.480 e. The first-order valence-corrected chi connectivity index (χ1v) is 6.85. The Morgan fingerprint density at radius 2 is 1.81 bits per heavy atom. The fraction of sp³-hybridized carbons (Fsp3) is 0.400. The first-order valence-electron chi connectivity index (χ1n) is 6.85. The highest BCUT2D eigenvalue weighted by Gasteiger charge is 2.20. The van der Waals surface area contributed by atoms with Crippen LogP contribution in [0.25, 0.3) is 0 Å². The number of carboxylic acids is 1. The number of carboxylic acid groups (broad SMARTS) is 1. The van der Waals surface area contributed by atoms with E-state index in [1.165, 1.54) is 13.1 Å². The van der Waals surface area contributed by atoms with Crippen LogP contribution in [-0.4, -0.2) is 36.0 Å². The molecular formula is C15H20N2O4. The van der Waals surface area contributed by atoms with Gasteiger partial charge in [-0.25, -0.2) is 4.79 Å². The van der Waals surface area contributed by atoms with Gasteiger partial charge in [-0.1, -0.05) is 25.8 Å². The number of benzene rings is 1. The van der Waals surface area contributed by atoms with Crippen molar-refractivity contribution < 1.29 is 19.5 Å². The van der Waals surface area contributed by atoms with Crippen molar-refractivity contribution in [3.63, 3.8) is 0 Å². The van der Waals surface area contributed by atoms with E-state index in [1.807, 2.05) is 6.92 Å². The molecule has 6 heteroatoms. The van der Waals surface area contributed by atoms with Crippen LogP contribution in [0.5, 0.6) is 0 Å². The van der Waals surface area contributed by atoms with Gasteiger partial charge in [0.05, 0.1) is 0 Å². The minimum absolute atomic E-state index is 0.263. The quantitative estimate of drug-likeness (QED) is 0.708. The second kappa shape index (κ2) is 8.04. The van der Waals surface area contributed by atoms with Crippen LogP contribution < -0.4 is 10.6 Å². The van der Waals surface area contributed by atoms with Crippen LogP contribution in [0.2, 0.25) is 0 Å². The third kappa shape index (κ3) is 4.91. The number of hydrogen-bond donors (Lipinski definition) is 3. The second-order valence-electron chi connectivity index (χ2n) is 4.67. The van der Waals surface area contributed by atoms with Crippen molar-refractivity contribution in [2.75, 3.05) is 7.05 Å². The highest BCUT2D eigenvalue weighted by Crippen LogP contribution is 2.07. The van der Waals surface area contributed by atoms with Crippen LogP contribution >= 0.6 is 0 Å². The molecule has 0 saturated carbocycles. The molecular weight excluding hydrogens is 272 g/mol.